The molecule has 0 fully saturated rings. The fraction of sp³-hybridized carbons (Fsp3) is 0. The zero-order chi connectivity index (χ0) is 37.5. The maximum atomic E-state index is 5.43. The lowest BCUT2D eigenvalue weighted by atomic mass is 9.99. The molecule has 0 atom stereocenters. The second-order valence-electron chi connectivity index (χ2n) is 14.6. The first-order chi connectivity index (χ1) is 28.3. The molecule has 4 heterocycles. The predicted octanol–water partition coefficient (Wildman–Crippen LogP) is 14.0. The Morgan fingerprint density at radius 3 is 1.75 bits per heavy atom. The first kappa shape index (κ1) is 32.0. The Balaban J connectivity index is 1.11. The number of rotatable bonds is 5. The van der Waals surface area contributed by atoms with Crippen LogP contribution < -0.4 is 0 Å². The monoisotopic (exact) mass is 744 g/mol. The van der Waals surface area contributed by atoms with Crippen LogP contribution in [0, 0.1) is 0 Å². The van der Waals surface area contributed by atoms with Crippen molar-refractivity contribution in [2.45, 2.75) is 0 Å². The van der Waals surface area contributed by atoms with Gasteiger partial charge in [-0.05, 0) is 82.1 Å². The largest absolute Gasteiger partial charge is 0.309 e. The van der Waals surface area contributed by atoms with Crippen molar-refractivity contribution in [2.75, 3.05) is 0 Å². The van der Waals surface area contributed by atoms with E-state index in [9.17, 15) is 0 Å². The summed E-state index contributed by atoms with van der Waals surface area (Å²) in [7, 11) is 0. The van der Waals surface area contributed by atoms with E-state index in [0.29, 0.717) is 5.95 Å². The summed E-state index contributed by atoms with van der Waals surface area (Å²) in [5, 5.41) is 7.27. The highest BCUT2D eigenvalue weighted by molar-refractivity contribution is 7.22. The molecule has 0 radical (unpaired) electrons. The van der Waals surface area contributed by atoms with Crippen LogP contribution in [0.1, 0.15) is 0 Å². The topological polar surface area (TPSA) is 35.6 Å². The van der Waals surface area contributed by atoms with Crippen LogP contribution >= 0.6 is 11.3 Å². The Bertz CT molecular complexity index is 3510. The van der Waals surface area contributed by atoms with Crippen molar-refractivity contribution in [1.82, 2.24) is 19.1 Å². The zero-order valence-electron chi connectivity index (χ0n) is 30.7. The Morgan fingerprint density at radius 2 is 0.982 bits per heavy atom. The molecule has 0 bridgehead atoms. The van der Waals surface area contributed by atoms with Crippen LogP contribution in [0.3, 0.4) is 0 Å². The molecule has 0 unspecified atom stereocenters. The van der Waals surface area contributed by atoms with Crippen LogP contribution in [0.4, 0.5) is 0 Å². The van der Waals surface area contributed by atoms with E-state index in [1.807, 2.05) is 0 Å². The smallest absolute Gasteiger partial charge is 0.235 e. The fourth-order valence-corrected chi connectivity index (χ4v) is 9.86. The van der Waals surface area contributed by atoms with Crippen LogP contribution in [0.5, 0.6) is 0 Å². The van der Waals surface area contributed by atoms with Crippen LogP contribution in [-0.2, 0) is 0 Å². The molecule has 5 heteroatoms. The first-order valence-electron chi connectivity index (χ1n) is 19.2. The Kier molecular flexibility index (Phi) is 7.06. The van der Waals surface area contributed by atoms with Gasteiger partial charge in [0.05, 0.1) is 38.0 Å². The molecule has 4 aromatic heterocycles. The third-order valence-electron chi connectivity index (χ3n) is 11.3. The number of hydrogen-bond acceptors (Lipinski definition) is 3. The van der Waals surface area contributed by atoms with Gasteiger partial charge in [-0.3, -0.25) is 4.57 Å². The van der Waals surface area contributed by atoms with Crippen LogP contribution in [0.25, 0.3) is 109 Å². The number of aromatic nitrogens is 4. The standard InChI is InChI=1S/C52H32N4S/c1-4-15-34(16-5-1)48-32-43-51(57-48)50(35-17-6-2-7-18-35)54-52(53-43)56-46-28-26-37(31-42(46)49-39-21-11-10-14-33(39)24-29-47(49)56)36-25-27-45-41(30-36)40-22-12-13-23-44(40)55(45)38-19-8-3-9-20-38/h1-32H. The van der Waals surface area contributed by atoms with Gasteiger partial charge in [-0.1, -0.05) is 140 Å². The van der Waals surface area contributed by atoms with Crippen molar-refractivity contribution >= 4 is 75.9 Å². The van der Waals surface area contributed by atoms with Gasteiger partial charge in [-0.25, -0.2) is 9.97 Å². The first-order valence-corrected chi connectivity index (χ1v) is 20.1. The van der Waals surface area contributed by atoms with E-state index < -0.39 is 0 Å². The average Bonchev–Trinajstić information content (AvgIpc) is 3.97. The van der Waals surface area contributed by atoms with E-state index in [-0.39, 0.29) is 0 Å². The maximum Gasteiger partial charge on any atom is 0.235 e. The summed E-state index contributed by atoms with van der Waals surface area (Å²) < 4.78 is 5.72. The molecule has 0 aliphatic rings. The lowest BCUT2D eigenvalue weighted by Gasteiger charge is -2.10. The highest BCUT2D eigenvalue weighted by Crippen LogP contribution is 2.42. The Hall–Kier alpha value is -7.34. The van der Waals surface area contributed by atoms with Crippen molar-refractivity contribution in [2.24, 2.45) is 0 Å². The lowest BCUT2D eigenvalue weighted by Crippen LogP contribution is -2.02. The van der Waals surface area contributed by atoms with E-state index in [2.05, 4.69) is 203 Å². The quantitative estimate of drug-likeness (QED) is 0.176. The van der Waals surface area contributed by atoms with Gasteiger partial charge in [0.2, 0.25) is 5.95 Å². The van der Waals surface area contributed by atoms with Gasteiger partial charge < -0.3 is 4.57 Å². The predicted molar refractivity (Wildman–Crippen MR) is 240 cm³/mol. The van der Waals surface area contributed by atoms with E-state index in [4.69, 9.17) is 9.97 Å². The van der Waals surface area contributed by atoms with Crippen molar-refractivity contribution in [3.8, 4) is 44.5 Å². The highest BCUT2D eigenvalue weighted by atomic mass is 32.1. The van der Waals surface area contributed by atoms with Gasteiger partial charge in [-0.15, -0.1) is 11.3 Å². The molecule has 0 saturated carbocycles. The summed E-state index contributed by atoms with van der Waals surface area (Å²) in [6, 6.07) is 69.6. The SMILES string of the molecule is c1ccc(-c2cc3nc(-n4c5ccc(-c6ccc7c(c6)c6ccccc6n7-c6ccccc6)cc5c5c6ccccc6ccc54)nc(-c4ccccc4)c3s2)cc1. The molecule has 12 rings (SSSR count). The van der Waals surface area contributed by atoms with E-state index >= 15 is 0 Å². The lowest BCUT2D eigenvalue weighted by molar-refractivity contribution is 1.02. The van der Waals surface area contributed by atoms with Crippen LogP contribution in [0.2, 0.25) is 0 Å². The zero-order valence-corrected chi connectivity index (χ0v) is 31.5. The maximum absolute atomic E-state index is 5.43. The van der Waals surface area contributed by atoms with Crippen molar-refractivity contribution in [3.63, 3.8) is 0 Å². The third kappa shape index (κ3) is 4.99. The summed E-state index contributed by atoms with van der Waals surface area (Å²) in [6.45, 7) is 0. The number of hydrogen-bond donors (Lipinski definition) is 0. The molecule has 4 nitrogen and oxygen atoms in total. The fourth-order valence-electron chi connectivity index (χ4n) is 8.75. The van der Waals surface area contributed by atoms with Gasteiger partial charge in [0.15, 0.2) is 0 Å². The number of benzene rings is 8. The average molecular weight is 745 g/mol. The van der Waals surface area contributed by atoms with Gasteiger partial charge in [-0.2, -0.15) is 0 Å². The highest BCUT2D eigenvalue weighted by Gasteiger charge is 2.21. The van der Waals surface area contributed by atoms with E-state index in [1.54, 1.807) is 11.3 Å². The normalized spacial score (nSPS) is 11.9. The molecule has 0 N–H and O–H groups in total. The summed E-state index contributed by atoms with van der Waals surface area (Å²) in [5.74, 6) is 0.664. The summed E-state index contributed by atoms with van der Waals surface area (Å²) in [6.07, 6.45) is 0. The molecular weight excluding hydrogens is 713 g/mol. The summed E-state index contributed by atoms with van der Waals surface area (Å²) >= 11 is 1.75. The van der Waals surface area contributed by atoms with Gasteiger partial charge >= 0.3 is 0 Å². The van der Waals surface area contributed by atoms with Crippen molar-refractivity contribution < 1.29 is 0 Å². The molecule has 0 saturated heterocycles. The molecule has 0 aliphatic carbocycles. The molecule has 57 heavy (non-hydrogen) atoms. The Morgan fingerprint density at radius 1 is 0.386 bits per heavy atom. The molecule has 8 aromatic carbocycles. The molecule has 0 amide bonds. The van der Waals surface area contributed by atoms with Crippen molar-refractivity contribution in [3.05, 3.63) is 194 Å². The minimum Gasteiger partial charge on any atom is -0.309 e. The summed E-state index contributed by atoms with van der Waals surface area (Å²) in [4.78, 5) is 12.0. The molecule has 266 valence electrons. The van der Waals surface area contributed by atoms with Crippen LogP contribution in [0.15, 0.2) is 194 Å². The molecular formula is C52H32N4S. The molecule has 0 spiro atoms. The van der Waals surface area contributed by atoms with Crippen molar-refractivity contribution in [1.29, 1.82) is 0 Å². The van der Waals surface area contributed by atoms with Crippen LogP contribution in [-0.4, -0.2) is 19.1 Å². The molecule has 12 aromatic rings. The second-order valence-corrected chi connectivity index (χ2v) is 15.6. The van der Waals surface area contributed by atoms with Gasteiger partial charge in [0.1, 0.15) is 0 Å². The third-order valence-corrected chi connectivity index (χ3v) is 12.5. The van der Waals surface area contributed by atoms with E-state index in [0.717, 1.165) is 38.2 Å². The number of nitrogens with zero attached hydrogens (tertiary/aromatic N) is 4. The van der Waals surface area contributed by atoms with E-state index in [1.165, 1.54) is 64.9 Å². The minimum absolute atomic E-state index is 0.664. The summed E-state index contributed by atoms with van der Waals surface area (Å²) in [5.41, 5.74) is 12.2. The Labute approximate surface area is 332 Å². The van der Waals surface area contributed by atoms with Gasteiger partial charge in [0.25, 0.3) is 0 Å². The number of fused-ring (bicyclic) bond motifs is 9. The van der Waals surface area contributed by atoms with Gasteiger partial charge in [0, 0.05) is 37.7 Å². The molecule has 0 aliphatic heterocycles. The number of para-hydroxylation sites is 2. The minimum atomic E-state index is 0.664. The number of thiophene rings is 1. The second kappa shape index (κ2) is 12.6.